The number of nitrogens with one attached hydrogen (secondary N) is 1. The number of pyridine rings is 1. The number of sulfonamides is 1. The molecule has 1 aliphatic carbocycles. The van der Waals surface area contributed by atoms with Gasteiger partial charge in [-0.3, -0.25) is 0 Å². The first-order valence-corrected chi connectivity index (χ1v) is 8.76. The highest BCUT2D eigenvalue weighted by Gasteiger charge is 2.34. The zero-order valence-corrected chi connectivity index (χ0v) is 13.0. The Morgan fingerprint density at radius 1 is 1.35 bits per heavy atom. The van der Waals surface area contributed by atoms with Gasteiger partial charge in [0.25, 0.3) is 10.0 Å². The highest BCUT2D eigenvalue weighted by atomic mass is 32.2. The van der Waals surface area contributed by atoms with Crippen LogP contribution in [0.1, 0.15) is 39.5 Å². The third-order valence-corrected chi connectivity index (χ3v) is 5.72. The maximum atomic E-state index is 12.9. The number of nitrogens with zero attached hydrogens (tertiary/aromatic N) is 2. The summed E-state index contributed by atoms with van der Waals surface area (Å²) in [7, 11) is -3.53. The number of hydrogen-bond acceptors (Lipinski definition) is 4. The first-order chi connectivity index (χ1) is 9.61. The van der Waals surface area contributed by atoms with Crippen molar-refractivity contribution >= 4 is 15.7 Å². The molecule has 5 nitrogen and oxygen atoms in total. The fourth-order valence-electron chi connectivity index (χ4n) is 2.85. The van der Waals surface area contributed by atoms with Crippen LogP contribution in [0.3, 0.4) is 0 Å². The molecule has 0 spiro atoms. The largest absolute Gasteiger partial charge is 0.383 e. The summed E-state index contributed by atoms with van der Waals surface area (Å²) in [5.41, 5.74) is 0.589. The summed E-state index contributed by atoms with van der Waals surface area (Å²) in [6, 6.07) is 3.65. The first-order valence-electron chi connectivity index (χ1n) is 7.32. The van der Waals surface area contributed by atoms with E-state index < -0.39 is 10.0 Å². The van der Waals surface area contributed by atoms with E-state index in [0.29, 0.717) is 18.8 Å². The maximum Gasteiger partial charge on any atom is 0.262 e. The molecule has 0 amide bonds. The van der Waals surface area contributed by atoms with Crippen LogP contribution in [0.15, 0.2) is 23.4 Å². The van der Waals surface area contributed by atoms with Crippen molar-refractivity contribution in [1.82, 2.24) is 9.29 Å². The molecule has 0 unspecified atom stereocenters. The van der Waals surface area contributed by atoms with Crippen LogP contribution < -0.4 is 5.32 Å². The lowest BCUT2D eigenvalue weighted by atomic mass is 10.2. The molecule has 1 N–H and O–H groups in total. The molecule has 20 heavy (non-hydrogen) atoms. The summed E-state index contributed by atoms with van der Waals surface area (Å²) >= 11 is 0. The van der Waals surface area contributed by atoms with Crippen LogP contribution in [-0.2, 0) is 10.0 Å². The average molecular weight is 297 g/mol. The minimum Gasteiger partial charge on any atom is -0.383 e. The smallest absolute Gasteiger partial charge is 0.262 e. The molecule has 1 aromatic heterocycles. The van der Waals surface area contributed by atoms with E-state index in [-0.39, 0.29) is 11.1 Å². The van der Waals surface area contributed by atoms with Crippen molar-refractivity contribution in [2.24, 2.45) is 0 Å². The van der Waals surface area contributed by atoms with Gasteiger partial charge in [0.1, 0.15) is 0 Å². The molecule has 1 heterocycles. The van der Waals surface area contributed by atoms with E-state index in [2.05, 4.69) is 10.3 Å². The molecule has 0 bridgehead atoms. The van der Waals surface area contributed by atoms with Crippen molar-refractivity contribution in [3.8, 4) is 0 Å². The third kappa shape index (κ3) is 2.96. The topological polar surface area (TPSA) is 62.3 Å². The highest BCUT2D eigenvalue weighted by molar-refractivity contribution is 7.89. The quantitative estimate of drug-likeness (QED) is 0.876. The normalized spacial score (nSPS) is 16.8. The Balaban J connectivity index is 2.37. The molecule has 1 aliphatic rings. The lowest BCUT2D eigenvalue weighted by Crippen LogP contribution is -2.39. The second kappa shape index (κ2) is 6.54. The number of anilines is 1. The average Bonchev–Trinajstić information content (AvgIpc) is 2.94. The van der Waals surface area contributed by atoms with Crippen molar-refractivity contribution < 1.29 is 8.42 Å². The SMILES string of the molecule is CCNc1cccnc1S(=O)(=O)N(CC)C1CCCC1. The predicted molar refractivity (Wildman–Crippen MR) is 80.2 cm³/mol. The Bertz CT molecular complexity index is 539. The molecule has 0 aromatic carbocycles. The predicted octanol–water partition coefficient (Wildman–Crippen LogP) is 2.47. The van der Waals surface area contributed by atoms with E-state index in [0.717, 1.165) is 25.7 Å². The first kappa shape index (κ1) is 15.3. The molecule has 2 rings (SSSR count). The van der Waals surface area contributed by atoms with Gasteiger partial charge in [0.2, 0.25) is 0 Å². The summed E-state index contributed by atoms with van der Waals surface area (Å²) in [6.45, 7) is 5.00. The fraction of sp³-hybridized carbons (Fsp3) is 0.643. The lowest BCUT2D eigenvalue weighted by Gasteiger charge is -2.27. The van der Waals surface area contributed by atoms with Gasteiger partial charge >= 0.3 is 0 Å². The molecule has 0 radical (unpaired) electrons. The van der Waals surface area contributed by atoms with Gasteiger partial charge in [-0.15, -0.1) is 0 Å². The maximum absolute atomic E-state index is 12.9. The summed E-state index contributed by atoms with van der Waals surface area (Å²) in [5, 5.41) is 3.23. The molecule has 0 saturated heterocycles. The van der Waals surface area contributed by atoms with Crippen LogP contribution in [0.5, 0.6) is 0 Å². The second-order valence-electron chi connectivity index (χ2n) is 5.03. The monoisotopic (exact) mass is 297 g/mol. The van der Waals surface area contributed by atoms with Crippen LogP contribution in [0.25, 0.3) is 0 Å². The van der Waals surface area contributed by atoms with Crippen LogP contribution >= 0.6 is 0 Å². The number of rotatable bonds is 6. The van der Waals surface area contributed by atoms with Crippen molar-refractivity contribution in [3.05, 3.63) is 18.3 Å². The van der Waals surface area contributed by atoms with Gasteiger partial charge in [-0.2, -0.15) is 4.31 Å². The van der Waals surface area contributed by atoms with Gasteiger partial charge in [0.15, 0.2) is 5.03 Å². The van der Waals surface area contributed by atoms with Crippen molar-refractivity contribution in [2.45, 2.75) is 50.6 Å². The van der Waals surface area contributed by atoms with Crippen LogP contribution in [0, 0.1) is 0 Å². The standard InChI is InChI=1S/C14H23N3O2S/c1-3-15-13-10-7-11-16-14(13)20(18,19)17(4-2)12-8-5-6-9-12/h7,10-12,15H,3-6,8-9H2,1-2H3. The summed E-state index contributed by atoms with van der Waals surface area (Å²) < 4.78 is 27.4. The van der Waals surface area contributed by atoms with Crippen molar-refractivity contribution in [3.63, 3.8) is 0 Å². The molecule has 1 saturated carbocycles. The Hall–Kier alpha value is -1.14. The Morgan fingerprint density at radius 3 is 2.65 bits per heavy atom. The molecule has 6 heteroatoms. The van der Waals surface area contributed by atoms with Gasteiger partial charge in [0, 0.05) is 25.3 Å². The van der Waals surface area contributed by atoms with Crippen molar-refractivity contribution in [1.29, 1.82) is 0 Å². The van der Waals surface area contributed by atoms with Gasteiger partial charge < -0.3 is 5.32 Å². The van der Waals surface area contributed by atoms with Crippen LogP contribution in [-0.4, -0.2) is 36.8 Å². The van der Waals surface area contributed by atoms with E-state index in [4.69, 9.17) is 0 Å². The Kier molecular flexibility index (Phi) is 4.99. The second-order valence-corrected chi connectivity index (χ2v) is 6.84. The molecular weight excluding hydrogens is 274 g/mol. The summed E-state index contributed by atoms with van der Waals surface area (Å²) in [5.74, 6) is 0. The third-order valence-electron chi connectivity index (χ3n) is 3.74. The molecule has 1 fully saturated rings. The number of aromatic nitrogens is 1. The van der Waals surface area contributed by atoms with Gasteiger partial charge in [-0.1, -0.05) is 19.8 Å². The van der Waals surface area contributed by atoms with E-state index in [9.17, 15) is 8.42 Å². The molecule has 1 aromatic rings. The molecule has 112 valence electrons. The molecule has 0 atom stereocenters. The van der Waals surface area contributed by atoms with E-state index >= 15 is 0 Å². The van der Waals surface area contributed by atoms with Gasteiger partial charge in [-0.05, 0) is 31.9 Å². The number of hydrogen-bond donors (Lipinski definition) is 1. The lowest BCUT2D eigenvalue weighted by molar-refractivity contribution is 0.334. The molecule has 0 aliphatic heterocycles. The molecular formula is C14H23N3O2S. The summed E-state index contributed by atoms with van der Waals surface area (Å²) in [6.07, 6.45) is 5.67. The van der Waals surface area contributed by atoms with Gasteiger partial charge in [-0.25, -0.2) is 13.4 Å². The summed E-state index contributed by atoms with van der Waals surface area (Å²) in [4.78, 5) is 4.12. The van der Waals surface area contributed by atoms with E-state index in [1.54, 1.807) is 16.4 Å². The minimum atomic E-state index is -3.53. The van der Waals surface area contributed by atoms with Crippen molar-refractivity contribution in [2.75, 3.05) is 18.4 Å². The van der Waals surface area contributed by atoms with Crippen LogP contribution in [0.2, 0.25) is 0 Å². The van der Waals surface area contributed by atoms with Crippen LogP contribution in [0.4, 0.5) is 5.69 Å². The Labute approximate surface area is 121 Å². The fourth-order valence-corrected chi connectivity index (χ4v) is 4.63. The zero-order chi connectivity index (χ0) is 14.6. The van der Waals surface area contributed by atoms with E-state index in [1.807, 2.05) is 13.8 Å². The zero-order valence-electron chi connectivity index (χ0n) is 12.2. The van der Waals surface area contributed by atoms with E-state index in [1.165, 1.54) is 6.20 Å². The van der Waals surface area contributed by atoms with Gasteiger partial charge in [0.05, 0.1) is 5.69 Å². The highest BCUT2D eigenvalue weighted by Crippen LogP contribution is 2.30. The minimum absolute atomic E-state index is 0.126. The Morgan fingerprint density at radius 2 is 2.05 bits per heavy atom.